The van der Waals surface area contributed by atoms with Crippen molar-refractivity contribution < 1.29 is 27.4 Å². The van der Waals surface area contributed by atoms with Crippen molar-refractivity contribution in [3.63, 3.8) is 0 Å². The molecule has 0 aromatic heterocycles. The summed E-state index contributed by atoms with van der Waals surface area (Å²) in [5.74, 6) is 0.150. The van der Waals surface area contributed by atoms with Gasteiger partial charge in [-0.3, -0.25) is 4.79 Å². The van der Waals surface area contributed by atoms with Gasteiger partial charge in [0.25, 0.3) is 5.91 Å². The van der Waals surface area contributed by atoms with E-state index in [2.05, 4.69) is 5.32 Å². The largest absolute Gasteiger partial charge is 0.493 e. The van der Waals surface area contributed by atoms with Gasteiger partial charge in [-0.25, -0.2) is 0 Å². The molecule has 2 aromatic rings. The molecule has 4 nitrogen and oxygen atoms in total. The first-order valence-corrected chi connectivity index (χ1v) is 8.33. The lowest BCUT2D eigenvalue weighted by Gasteiger charge is -2.15. The van der Waals surface area contributed by atoms with Crippen molar-refractivity contribution in [2.75, 3.05) is 19.0 Å². The summed E-state index contributed by atoms with van der Waals surface area (Å²) < 4.78 is 50.4. The summed E-state index contributed by atoms with van der Waals surface area (Å²) in [5, 5.41) is 2.30. The van der Waals surface area contributed by atoms with Gasteiger partial charge in [-0.05, 0) is 53.8 Å². The maximum absolute atomic E-state index is 13.0. The number of hydrogen-bond donors (Lipinski definition) is 1. The number of carbonyl (C=O) groups excluding carboxylic acids is 1. The van der Waals surface area contributed by atoms with Gasteiger partial charge in [0, 0.05) is 5.56 Å². The molecule has 0 heterocycles. The molecule has 2 aromatic carbocycles. The molecule has 8 heteroatoms. The molecule has 2 rings (SSSR count). The lowest BCUT2D eigenvalue weighted by Crippen LogP contribution is -2.17. The first kappa shape index (κ1) is 19.4. The molecule has 0 spiro atoms. The van der Waals surface area contributed by atoms with Crippen LogP contribution in [0.4, 0.5) is 18.9 Å². The first-order valence-electron chi connectivity index (χ1n) is 7.25. The van der Waals surface area contributed by atoms with Gasteiger partial charge in [-0.15, -0.1) is 0 Å². The smallest absolute Gasteiger partial charge is 0.418 e. The van der Waals surface area contributed by atoms with Gasteiger partial charge in [0.2, 0.25) is 0 Å². The number of ether oxygens (including phenoxy) is 2. The predicted molar refractivity (Wildman–Crippen MR) is 96.3 cm³/mol. The highest BCUT2D eigenvalue weighted by molar-refractivity contribution is 14.1. The number of para-hydroxylation sites is 1. The highest BCUT2D eigenvalue weighted by Crippen LogP contribution is 2.36. The molecule has 0 bridgehead atoms. The summed E-state index contributed by atoms with van der Waals surface area (Å²) in [7, 11) is 1.43. The van der Waals surface area contributed by atoms with E-state index in [-0.39, 0.29) is 11.3 Å². The average Bonchev–Trinajstić information content (AvgIpc) is 2.56. The Bertz CT molecular complexity index is 778. The quantitative estimate of drug-likeness (QED) is 0.635. The summed E-state index contributed by atoms with van der Waals surface area (Å²) in [4.78, 5) is 12.4. The topological polar surface area (TPSA) is 47.6 Å². The fourth-order valence-corrected chi connectivity index (χ4v) is 2.93. The van der Waals surface area contributed by atoms with Crippen LogP contribution in [0.5, 0.6) is 11.5 Å². The van der Waals surface area contributed by atoms with Crippen molar-refractivity contribution in [3.8, 4) is 11.5 Å². The van der Waals surface area contributed by atoms with Crippen LogP contribution in [0.25, 0.3) is 0 Å². The van der Waals surface area contributed by atoms with Gasteiger partial charge in [-0.1, -0.05) is 12.1 Å². The van der Waals surface area contributed by atoms with Crippen LogP contribution < -0.4 is 14.8 Å². The lowest BCUT2D eigenvalue weighted by atomic mass is 10.1. The molecule has 134 valence electrons. The molecule has 0 saturated carbocycles. The number of halogens is 4. The minimum Gasteiger partial charge on any atom is -0.493 e. The Morgan fingerprint density at radius 3 is 2.52 bits per heavy atom. The van der Waals surface area contributed by atoms with Crippen LogP contribution in [0.1, 0.15) is 22.8 Å². The molecular weight excluding hydrogens is 450 g/mol. The minimum atomic E-state index is -4.56. The van der Waals surface area contributed by atoms with Crippen molar-refractivity contribution in [2.24, 2.45) is 0 Å². The molecule has 0 fully saturated rings. The summed E-state index contributed by atoms with van der Waals surface area (Å²) in [6.07, 6.45) is -4.56. The normalized spacial score (nSPS) is 11.1. The van der Waals surface area contributed by atoms with E-state index in [4.69, 9.17) is 9.47 Å². The van der Waals surface area contributed by atoms with Gasteiger partial charge in [0.1, 0.15) is 0 Å². The van der Waals surface area contributed by atoms with E-state index in [9.17, 15) is 18.0 Å². The number of carbonyl (C=O) groups is 1. The fourth-order valence-electron chi connectivity index (χ4n) is 2.17. The first-order chi connectivity index (χ1) is 11.8. The highest BCUT2D eigenvalue weighted by atomic mass is 127. The standard InChI is InChI=1S/C17H15F3INO3/c1-3-25-15-12(21)8-10(9-14(15)24-2)16(23)22-13-7-5-4-6-11(13)17(18,19)20/h4-9H,3H2,1-2H3,(H,22,23). The second-order valence-corrected chi connectivity index (χ2v) is 6.08. The van der Waals surface area contributed by atoms with Crippen LogP contribution in [-0.4, -0.2) is 19.6 Å². The zero-order chi connectivity index (χ0) is 18.6. The van der Waals surface area contributed by atoms with Crippen LogP contribution in [0.3, 0.4) is 0 Å². The Morgan fingerprint density at radius 1 is 1.24 bits per heavy atom. The SMILES string of the molecule is CCOc1c(I)cc(C(=O)Nc2ccccc2C(F)(F)F)cc1OC. The van der Waals surface area contributed by atoms with E-state index in [1.807, 2.05) is 29.5 Å². The van der Waals surface area contributed by atoms with Gasteiger partial charge in [-0.2, -0.15) is 13.2 Å². The van der Waals surface area contributed by atoms with Crippen LogP contribution in [-0.2, 0) is 6.18 Å². The molecule has 0 aliphatic rings. The third kappa shape index (κ3) is 4.56. The molecule has 1 N–H and O–H groups in total. The second-order valence-electron chi connectivity index (χ2n) is 4.92. The van der Waals surface area contributed by atoms with E-state index in [1.165, 1.54) is 37.4 Å². The van der Waals surface area contributed by atoms with Gasteiger partial charge < -0.3 is 14.8 Å². The van der Waals surface area contributed by atoms with Crippen molar-refractivity contribution in [3.05, 3.63) is 51.1 Å². The highest BCUT2D eigenvalue weighted by Gasteiger charge is 2.33. The average molecular weight is 465 g/mol. The van der Waals surface area contributed by atoms with Crippen LogP contribution in [0.2, 0.25) is 0 Å². The number of nitrogens with one attached hydrogen (secondary N) is 1. The Labute approximate surface area is 156 Å². The minimum absolute atomic E-state index is 0.168. The van der Waals surface area contributed by atoms with E-state index >= 15 is 0 Å². The zero-order valence-corrected chi connectivity index (χ0v) is 15.6. The molecule has 0 unspecified atom stereocenters. The third-order valence-corrected chi connectivity index (χ3v) is 4.06. The van der Waals surface area contributed by atoms with Gasteiger partial charge in [0.05, 0.1) is 28.5 Å². The number of rotatable bonds is 5. The van der Waals surface area contributed by atoms with Crippen LogP contribution >= 0.6 is 22.6 Å². The summed E-state index contributed by atoms with van der Waals surface area (Å²) in [5.41, 5.74) is -1.04. The van der Waals surface area contributed by atoms with Gasteiger partial charge in [0.15, 0.2) is 11.5 Å². The number of amides is 1. The van der Waals surface area contributed by atoms with Crippen LogP contribution in [0.15, 0.2) is 36.4 Å². The van der Waals surface area contributed by atoms with Crippen molar-refractivity contribution in [1.82, 2.24) is 0 Å². The number of hydrogen-bond acceptors (Lipinski definition) is 3. The maximum atomic E-state index is 13.0. The van der Waals surface area contributed by atoms with E-state index < -0.39 is 17.6 Å². The molecule has 0 radical (unpaired) electrons. The number of alkyl halides is 3. The molecular formula is C17H15F3INO3. The van der Waals surface area contributed by atoms with E-state index in [0.29, 0.717) is 21.7 Å². The van der Waals surface area contributed by atoms with Crippen LogP contribution in [0, 0.1) is 3.57 Å². The maximum Gasteiger partial charge on any atom is 0.418 e. The molecule has 25 heavy (non-hydrogen) atoms. The zero-order valence-electron chi connectivity index (χ0n) is 13.4. The summed E-state index contributed by atoms with van der Waals surface area (Å²) in [6, 6.07) is 7.77. The Kier molecular flexibility index (Phi) is 6.15. The van der Waals surface area contributed by atoms with Crippen molar-refractivity contribution in [1.29, 1.82) is 0 Å². The fraction of sp³-hybridized carbons (Fsp3) is 0.235. The monoisotopic (exact) mass is 465 g/mol. The Morgan fingerprint density at radius 2 is 1.92 bits per heavy atom. The van der Waals surface area contributed by atoms with Crippen molar-refractivity contribution in [2.45, 2.75) is 13.1 Å². The van der Waals surface area contributed by atoms with E-state index in [0.717, 1.165) is 6.07 Å². The summed E-state index contributed by atoms with van der Waals surface area (Å²) in [6.45, 7) is 2.22. The predicted octanol–water partition coefficient (Wildman–Crippen LogP) is 4.97. The third-order valence-electron chi connectivity index (χ3n) is 3.26. The number of benzene rings is 2. The molecule has 0 atom stereocenters. The molecule has 0 saturated heterocycles. The molecule has 0 aliphatic carbocycles. The summed E-state index contributed by atoms with van der Waals surface area (Å²) >= 11 is 1.98. The number of anilines is 1. The number of methoxy groups -OCH3 is 1. The molecule has 1 amide bonds. The van der Waals surface area contributed by atoms with E-state index in [1.54, 1.807) is 0 Å². The second kappa shape index (κ2) is 7.94. The molecule has 0 aliphatic heterocycles. The lowest BCUT2D eigenvalue weighted by molar-refractivity contribution is -0.136. The van der Waals surface area contributed by atoms with Gasteiger partial charge >= 0.3 is 6.18 Å². The Hall–Kier alpha value is -1.97. The van der Waals surface area contributed by atoms with Crippen molar-refractivity contribution >= 4 is 34.2 Å². The Balaban J connectivity index is 2.35.